The van der Waals surface area contributed by atoms with Crippen molar-refractivity contribution in [1.29, 1.82) is 0 Å². The molecule has 1 amide bonds. The first-order valence-corrected chi connectivity index (χ1v) is 8.97. The molecule has 5 heteroatoms. The molecule has 2 aromatic rings. The van der Waals surface area contributed by atoms with E-state index in [0.717, 1.165) is 34.5 Å². The molecule has 0 saturated carbocycles. The molecule has 2 aromatic carbocycles. The molecule has 2 rings (SSSR count). The zero-order chi connectivity index (χ0) is 17.5. The Morgan fingerprint density at radius 2 is 1.88 bits per heavy atom. The first kappa shape index (κ1) is 18.3. The Morgan fingerprint density at radius 3 is 2.50 bits per heavy atom. The van der Waals surface area contributed by atoms with E-state index >= 15 is 0 Å². The molecule has 0 aliphatic rings. The van der Waals surface area contributed by atoms with Gasteiger partial charge in [0.2, 0.25) is 5.91 Å². The molecule has 0 fully saturated rings. The minimum absolute atomic E-state index is 0.0614. The summed E-state index contributed by atoms with van der Waals surface area (Å²) in [7, 11) is 0. The van der Waals surface area contributed by atoms with Crippen LogP contribution in [-0.4, -0.2) is 25.5 Å². The van der Waals surface area contributed by atoms with Crippen LogP contribution in [0.4, 0.5) is 17.1 Å². The number of halogens is 1. The Bertz CT molecular complexity index is 699. The van der Waals surface area contributed by atoms with Crippen molar-refractivity contribution in [2.24, 2.45) is 0 Å². The zero-order valence-electron chi connectivity index (χ0n) is 14.4. The summed E-state index contributed by atoms with van der Waals surface area (Å²) >= 11 is 3.42. The van der Waals surface area contributed by atoms with Crippen molar-refractivity contribution >= 4 is 38.9 Å². The van der Waals surface area contributed by atoms with Crippen LogP contribution in [0.5, 0.6) is 0 Å². The highest BCUT2D eigenvalue weighted by Gasteiger charge is 2.08. The Labute approximate surface area is 152 Å². The van der Waals surface area contributed by atoms with Crippen LogP contribution >= 0.6 is 15.9 Å². The van der Waals surface area contributed by atoms with Gasteiger partial charge in [-0.2, -0.15) is 0 Å². The monoisotopic (exact) mass is 389 g/mol. The first-order chi connectivity index (χ1) is 11.5. The smallest absolute Gasteiger partial charge is 0.243 e. The van der Waals surface area contributed by atoms with Crippen LogP contribution in [0.2, 0.25) is 0 Å². The molecule has 0 spiro atoms. The highest BCUT2D eigenvalue weighted by atomic mass is 79.9. The predicted octanol–water partition coefficient (Wildman–Crippen LogP) is 4.65. The second-order valence-electron chi connectivity index (χ2n) is 5.58. The number of rotatable bonds is 7. The number of amides is 1. The van der Waals surface area contributed by atoms with Crippen molar-refractivity contribution in [2.45, 2.75) is 20.8 Å². The molecule has 0 aliphatic heterocycles. The van der Waals surface area contributed by atoms with Crippen molar-refractivity contribution < 1.29 is 4.79 Å². The van der Waals surface area contributed by atoms with E-state index < -0.39 is 0 Å². The fourth-order valence-electron chi connectivity index (χ4n) is 2.55. The number of aryl methyl sites for hydroxylation is 1. The lowest BCUT2D eigenvalue weighted by Gasteiger charge is -2.22. The Hall–Kier alpha value is -2.01. The summed E-state index contributed by atoms with van der Waals surface area (Å²) in [5.74, 6) is -0.0614. The van der Waals surface area contributed by atoms with Gasteiger partial charge in [-0.25, -0.2) is 0 Å². The van der Waals surface area contributed by atoms with Gasteiger partial charge in [-0.1, -0.05) is 22.0 Å². The van der Waals surface area contributed by atoms with Gasteiger partial charge in [0.05, 0.1) is 6.54 Å². The Balaban J connectivity index is 1.96. The topological polar surface area (TPSA) is 44.4 Å². The SMILES string of the molecule is CCN(CC)c1ccc(NC(=O)CNc2cccc(Br)c2)c(C)c1. The summed E-state index contributed by atoms with van der Waals surface area (Å²) in [6.45, 7) is 8.47. The third-order valence-electron chi connectivity index (χ3n) is 3.89. The van der Waals surface area contributed by atoms with Gasteiger partial charge < -0.3 is 15.5 Å². The lowest BCUT2D eigenvalue weighted by Crippen LogP contribution is -2.23. The van der Waals surface area contributed by atoms with Gasteiger partial charge in [0.15, 0.2) is 0 Å². The van der Waals surface area contributed by atoms with Gasteiger partial charge in [0, 0.05) is 34.6 Å². The first-order valence-electron chi connectivity index (χ1n) is 8.18. The van der Waals surface area contributed by atoms with E-state index in [9.17, 15) is 4.79 Å². The zero-order valence-corrected chi connectivity index (χ0v) is 16.0. The van der Waals surface area contributed by atoms with E-state index in [2.05, 4.69) is 57.4 Å². The number of benzene rings is 2. The standard InChI is InChI=1S/C19H24BrN3O/c1-4-23(5-2)17-9-10-18(14(3)11-17)22-19(24)13-21-16-8-6-7-15(20)12-16/h6-12,21H,4-5,13H2,1-3H3,(H,22,24). The number of carbonyl (C=O) groups excluding carboxylic acids is 1. The number of nitrogens with zero attached hydrogens (tertiary/aromatic N) is 1. The molecule has 128 valence electrons. The van der Waals surface area contributed by atoms with Gasteiger partial charge in [0.1, 0.15) is 0 Å². The van der Waals surface area contributed by atoms with Gasteiger partial charge in [0.25, 0.3) is 0 Å². The number of carbonyl (C=O) groups is 1. The lowest BCUT2D eigenvalue weighted by atomic mass is 10.1. The van der Waals surface area contributed by atoms with E-state index in [1.54, 1.807) is 0 Å². The molecule has 4 nitrogen and oxygen atoms in total. The molecule has 0 aliphatic carbocycles. The second-order valence-corrected chi connectivity index (χ2v) is 6.50. The average Bonchev–Trinajstić information content (AvgIpc) is 2.56. The minimum Gasteiger partial charge on any atom is -0.376 e. The van der Waals surface area contributed by atoms with Crippen molar-refractivity contribution in [2.75, 3.05) is 35.2 Å². The van der Waals surface area contributed by atoms with Gasteiger partial charge in [-0.05, 0) is 62.7 Å². The molecule has 0 saturated heterocycles. The normalized spacial score (nSPS) is 10.3. The second kappa shape index (κ2) is 8.73. The molecule has 0 atom stereocenters. The summed E-state index contributed by atoms with van der Waals surface area (Å²) in [5, 5.41) is 6.09. The van der Waals surface area contributed by atoms with Crippen LogP contribution in [0.25, 0.3) is 0 Å². The maximum atomic E-state index is 12.2. The number of hydrogen-bond acceptors (Lipinski definition) is 3. The van der Waals surface area contributed by atoms with Crippen LogP contribution in [0, 0.1) is 6.92 Å². The van der Waals surface area contributed by atoms with Crippen molar-refractivity contribution in [3.8, 4) is 0 Å². The van der Waals surface area contributed by atoms with Crippen molar-refractivity contribution in [3.05, 3.63) is 52.5 Å². The molecule has 0 bridgehead atoms. The fourth-order valence-corrected chi connectivity index (χ4v) is 2.95. The summed E-state index contributed by atoms with van der Waals surface area (Å²) in [5.41, 5.74) is 4.01. The molecule has 0 heterocycles. The Kier molecular flexibility index (Phi) is 6.67. The molecule has 24 heavy (non-hydrogen) atoms. The highest BCUT2D eigenvalue weighted by Crippen LogP contribution is 2.22. The van der Waals surface area contributed by atoms with Crippen LogP contribution in [0.15, 0.2) is 46.9 Å². The molecule has 0 aromatic heterocycles. The predicted molar refractivity (Wildman–Crippen MR) is 106 cm³/mol. The van der Waals surface area contributed by atoms with Crippen LogP contribution in [-0.2, 0) is 4.79 Å². The van der Waals surface area contributed by atoms with Gasteiger partial charge >= 0.3 is 0 Å². The third kappa shape index (κ3) is 4.99. The van der Waals surface area contributed by atoms with E-state index in [4.69, 9.17) is 0 Å². The van der Waals surface area contributed by atoms with E-state index in [1.165, 1.54) is 5.69 Å². The molecule has 2 N–H and O–H groups in total. The van der Waals surface area contributed by atoms with Crippen molar-refractivity contribution in [3.63, 3.8) is 0 Å². The van der Waals surface area contributed by atoms with E-state index in [0.29, 0.717) is 0 Å². The summed E-state index contributed by atoms with van der Waals surface area (Å²) in [6, 6.07) is 13.9. The number of nitrogens with one attached hydrogen (secondary N) is 2. The van der Waals surface area contributed by atoms with Gasteiger partial charge in [-0.3, -0.25) is 4.79 Å². The molecular formula is C19H24BrN3O. The maximum absolute atomic E-state index is 12.2. The lowest BCUT2D eigenvalue weighted by molar-refractivity contribution is -0.114. The van der Waals surface area contributed by atoms with Crippen molar-refractivity contribution in [1.82, 2.24) is 0 Å². The van der Waals surface area contributed by atoms with Crippen LogP contribution in [0.1, 0.15) is 19.4 Å². The fraction of sp³-hybridized carbons (Fsp3) is 0.316. The largest absolute Gasteiger partial charge is 0.376 e. The molecule has 0 radical (unpaired) electrons. The van der Waals surface area contributed by atoms with E-state index in [1.807, 2.05) is 37.3 Å². The average molecular weight is 390 g/mol. The molecule has 0 unspecified atom stereocenters. The Morgan fingerprint density at radius 1 is 1.12 bits per heavy atom. The van der Waals surface area contributed by atoms with E-state index in [-0.39, 0.29) is 12.5 Å². The summed E-state index contributed by atoms with van der Waals surface area (Å²) in [4.78, 5) is 14.4. The van der Waals surface area contributed by atoms with Crippen LogP contribution < -0.4 is 15.5 Å². The third-order valence-corrected chi connectivity index (χ3v) is 4.38. The number of hydrogen-bond donors (Lipinski definition) is 2. The quantitative estimate of drug-likeness (QED) is 0.723. The van der Waals surface area contributed by atoms with Crippen LogP contribution in [0.3, 0.4) is 0 Å². The summed E-state index contributed by atoms with van der Waals surface area (Å²) in [6.07, 6.45) is 0. The number of anilines is 3. The maximum Gasteiger partial charge on any atom is 0.243 e. The van der Waals surface area contributed by atoms with Gasteiger partial charge in [-0.15, -0.1) is 0 Å². The molecular weight excluding hydrogens is 366 g/mol. The summed E-state index contributed by atoms with van der Waals surface area (Å²) < 4.78 is 0.982. The highest BCUT2D eigenvalue weighted by molar-refractivity contribution is 9.10. The minimum atomic E-state index is -0.0614.